The zero-order valence-corrected chi connectivity index (χ0v) is 17.9. The van der Waals surface area contributed by atoms with E-state index >= 15 is 0 Å². The largest absolute Gasteiger partial charge is 0.493 e. The monoisotopic (exact) mass is 449 g/mol. The maximum Gasteiger partial charge on any atom is 0.265 e. The number of aryl methyl sites for hydroxylation is 1. The van der Waals surface area contributed by atoms with Crippen LogP contribution in [0.15, 0.2) is 52.4 Å². The van der Waals surface area contributed by atoms with E-state index in [-0.39, 0.29) is 28.3 Å². The Hall–Kier alpha value is -2.48. The lowest BCUT2D eigenvalue weighted by atomic mass is 10.2. The fourth-order valence-electron chi connectivity index (χ4n) is 2.50. The highest BCUT2D eigenvalue weighted by atomic mass is 35.5. The average molecular weight is 450 g/mol. The molecule has 6 nitrogen and oxygen atoms in total. The van der Waals surface area contributed by atoms with E-state index in [1.54, 1.807) is 24.3 Å². The molecule has 0 radical (unpaired) electrons. The predicted octanol–water partition coefficient (Wildman–Crippen LogP) is 4.59. The smallest absolute Gasteiger partial charge is 0.265 e. The van der Waals surface area contributed by atoms with Crippen molar-refractivity contribution in [1.29, 1.82) is 0 Å². The van der Waals surface area contributed by atoms with Crippen molar-refractivity contribution in [3.63, 3.8) is 0 Å². The molecule has 0 aliphatic rings. The van der Waals surface area contributed by atoms with Gasteiger partial charge in [-0.05, 0) is 44.2 Å². The van der Waals surface area contributed by atoms with Crippen LogP contribution in [0.2, 0.25) is 10.0 Å². The molecular formula is C20H17Cl2N3O3S. The Morgan fingerprint density at radius 1 is 1.17 bits per heavy atom. The number of aromatic nitrogens is 2. The summed E-state index contributed by atoms with van der Waals surface area (Å²) < 4.78 is 1.38. The van der Waals surface area contributed by atoms with Gasteiger partial charge >= 0.3 is 0 Å². The van der Waals surface area contributed by atoms with Crippen LogP contribution in [0.5, 0.6) is 5.88 Å². The normalized spacial score (nSPS) is 10.8. The molecule has 3 aromatic rings. The van der Waals surface area contributed by atoms with Gasteiger partial charge in [0.15, 0.2) is 5.16 Å². The number of benzene rings is 2. The maximum absolute atomic E-state index is 12.7. The molecular weight excluding hydrogens is 433 g/mol. The van der Waals surface area contributed by atoms with E-state index in [9.17, 15) is 14.7 Å². The van der Waals surface area contributed by atoms with Crippen molar-refractivity contribution >= 4 is 46.6 Å². The third-order valence-electron chi connectivity index (χ3n) is 4.08. The minimum atomic E-state index is -0.398. The number of hydrogen-bond acceptors (Lipinski definition) is 5. The summed E-state index contributed by atoms with van der Waals surface area (Å²) >= 11 is 13.0. The maximum atomic E-state index is 12.7. The summed E-state index contributed by atoms with van der Waals surface area (Å²) in [5.41, 5.74) is 1.80. The van der Waals surface area contributed by atoms with Gasteiger partial charge in [0.05, 0.1) is 27.7 Å². The predicted molar refractivity (Wildman–Crippen MR) is 117 cm³/mol. The van der Waals surface area contributed by atoms with Crippen LogP contribution in [-0.2, 0) is 4.79 Å². The van der Waals surface area contributed by atoms with Crippen molar-refractivity contribution in [3.05, 3.63) is 74.0 Å². The van der Waals surface area contributed by atoms with E-state index in [2.05, 4.69) is 10.3 Å². The van der Waals surface area contributed by atoms with Crippen LogP contribution in [0.1, 0.15) is 11.1 Å². The lowest BCUT2D eigenvalue weighted by Gasteiger charge is -2.14. The first-order valence-corrected chi connectivity index (χ1v) is 10.3. The number of aromatic hydroxyl groups is 1. The number of thioether (sulfide) groups is 1. The molecule has 1 amide bonds. The summed E-state index contributed by atoms with van der Waals surface area (Å²) in [7, 11) is 0. The first-order valence-electron chi connectivity index (χ1n) is 8.53. The number of nitrogens with zero attached hydrogens (tertiary/aromatic N) is 2. The fourth-order valence-corrected chi connectivity index (χ4v) is 3.76. The van der Waals surface area contributed by atoms with Crippen molar-refractivity contribution in [2.45, 2.75) is 19.0 Å². The summed E-state index contributed by atoms with van der Waals surface area (Å²) in [5.74, 6) is -0.745. The zero-order valence-electron chi connectivity index (χ0n) is 15.6. The second-order valence-corrected chi connectivity index (χ2v) is 8.07. The van der Waals surface area contributed by atoms with E-state index in [1.807, 2.05) is 19.1 Å². The van der Waals surface area contributed by atoms with Gasteiger partial charge in [-0.15, -0.1) is 0 Å². The topological polar surface area (TPSA) is 84.2 Å². The van der Waals surface area contributed by atoms with Crippen LogP contribution in [0.4, 0.5) is 5.69 Å². The molecule has 9 heteroatoms. The van der Waals surface area contributed by atoms with Crippen molar-refractivity contribution in [3.8, 4) is 11.6 Å². The number of hydrogen-bond donors (Lipinski definition) is 2. The molecule has 0 unspecified atom stereocenters. The molecule has 0 aliphatic carbocycles. The minimum Gasteiger partial charge on any atom is -0.493 e. The SMILES string of the molecule is Cc1ccc(-n2c(SCC(=O)Nc3ccc(Cl)cc3Cl)nc(O)c(C)c2=O)cc1. The Morgan fingerprint density at radius 2 is 1.86 bits per heavy atom. The third-order valence-corrected chi connectivity index (χ3v) is 5.57. The van der Waals surface area contributed by atoms with Gasteiger partial charge in [0.2, 0.25) is 11.8 Å². The molecule has 0 spiro atoms. The van der Waals surface area contributed by atoms with E-state index in [1.165, 1.54) is 17.6 Å². The van der Waals surface area contributed by atoms with Gasteiger partial charge in [-0.3, -0.25) is 14.2 Å². The molecule has 0 aliphatic heterocycles. The Labute approximate surface area is 181 Å². The molecule has 0 saturated carbocycles. The molecule has 3 rings (SSSR count). The van der Waals surface area contributed by atoms with Gasteiger partial charge < -0.3 is 10.4 Å². The Bertz CT molecular complexity index is 1130. The number of carbonyl (C=O) groups excluding carboxylic acids is 1. The van der Waals surface area contributed by atoms with Gasteiger partial charge in [0.25, 0.3) is 5.56 Å². The summed E-state index contributed by atoms with van der Waals surface area (Å²) in [6.45, 7) is 3.44. The van der Waals surface area contributed by atoms with Crippen LogP contribution in [-0.4, -0.2) is 26.3 Å². The Kier molecular flexibility index (Phi) is 6.52. The quantitative estimate of drug-likeness (QED) is 0.439. The Balaban J connectivity index is 1.85. The second kappa shape index (κ2) is 8.90. The van der Waals surface area contributed by atoms with Crippen LogP contribution in [0.25, 0.3) is 5.69 Å². The first-order chi connectivity index (χ1) is 13.8. The number of rotatable bonds is 5. The highest BCUT2D eigenvalue weighted by Gasteiger charge is 2.17. The van der Waals surface area contributed by atoms with E-state index in [0.717, 1.165) is 17.3 Å². The molecule has 0 fully saturated rings. The van der Waals surface area contributed by atoms with Crippen molar-refractivity contribution in [1.82, 2.24) is 9.55 Å². The molecule has 2 N–H and O–H groups in total. The lowest BCUT2D eigenvalue weighted by molar-refractivity contribution is -0.113. The summed E-state index contributed by atoms with van der Waals surface area (Å²) in [5, 5.41) is 13.7. The number of amides is 1. The van der Waals surface area contributed by atoms with Crippen LogP contribution < -0.4 is 10.9 Å². The van der Waals surface area contributed by atoms with Gasteiger partial charge in [0, 0.05) is 5.02 Å². The fraction of sp³-hybridized carbons (Fsp3) is 0.150. The number of halogens is 2. The van der Waals surface area contributed by atoms with Crippen LogP contribution in [0.3, 0.4) is 0 Å². The van der Waals surface area contributed by atoms with Crippen molar-refractivity contribution < 1.29 is 9.90 Å². The second-order valence-electron chi connectivity index (χ2n) is 6.28. The van der Waals surface area contributed by atoms with Crippen LogP contribution >= 0.6 is 35.0 Å². The highest BCUT2D eigenvalue weighted by molar-refractivity contribution is 7.99. The standard InChI is InChI=1S/C20H17Cl2N3O3S/c1-11-3-6-14(7-4-11)25-19(28)12(2)18(27)24-20(25)29-10-17(26)23-16-8-5-13(21)9-15(16)22/h3-9,27H,10H2,1-2H3,(H,23,26). The van der Waals surface area contributed by atoms with Crippen LogP contribution in [0, 0.1) is 13.8 Å². The zero-order chi connectivity index (χ0) is 21.1. The molecule has 150 valence electrons. The van der Waals surface area contributed by atoms with Crippen molar-refractivity contribution in [2.75, 3.05) is 11.1 Å². The molecule has 0 saturated heterocycles. The molecule has 0 atom stereocenters. The lowest BCUT2D eigenvalue weighted by Crippen LogP contribution is -2.24. The number of carbonyl (C=O) groups is 1. The van der Waals surface area contributed by atoms with E-state index in [0.29, 0.717) is 21.4 Å². The van der Waals surface area contributed by atoms with Gasteiger partial charge in [-0.1, -0.05) is 52.7 Å². The summed E-state index contributed by atoms with van der Waals surface area (Å²) in [4.78, 5) is 29.2. The van der Waals surface area contributed by atoms with Gasteiger partial charge in [-0.2, -0.15) is 4.98 Å². The first kappa shape index (κ1) is 21.2. The molecule has 1 aromatic heterocycles. The summed E-state index contributed by atoms with van der Waals surface area (Å²) in [6.07, 6.45) is 0. The Morgan fingerprint density at radius 3 is 2.52 bits per heavy atom. The van der Waals surface area contributed by atoms with Crippen molar-refractivity contribution in [2.24, 2.45) is 0 Å². The van der Waals surface area contributed by atoms with E-state index < -0.39 is 5.56 Å². The molecule has 0 bridgehead atoms. The minimum absolute atomic E-state index is 0.0419. The number of nitrogens with one attached hydrogen (secondary N) is 1. The van der Waals surface area contributed by atoms with Gasteiger partial charge in [-0.25, -0.2) is 0 Å². The third kappa shape index (κ3) is 4.93. The highest BCUT2D eigenvalue weighted by Crippen LogP contribution is 2.26. The molecule has 29 heavy (non-hydrogen) atoms. The molecule has 2 aromatic carbocycles. The van der Waals surface area contributed by atoms with E-state index in [4.69, 9.17) is 23.2 Å². The van der Waals surface area contributed by atoms with Gasteiger partial charge in [0.1, 0.15) is 0 Å². The average Bonchev–Trinajstić information content (AvgIpc) is 2.68. The number of anilines is 1. The summed E-state index contributed by atoms with van der Waals surface area (Å²) in [6, 6.07) is 12.1. The molecule has 1 heterocycles.